The summed E-state index contributed by atoms with van der Waals surface area (Å²) in [5.41, 5.74) is 0. The summed E-state index contributed by atoms with van der Waals surface area (Å²) < 4.78 is 49.8. The van der Waals surface area contributed by atoms with E-state index in [9.17, 15) is 16.8 Å². The maximum absolute atomic E-state index is 12.1. The first-order valence-corrected chi connectivity index (χ1v) is 9.48. The molecule has 0 unspecified atom stereocenters. The summed E-state index contributed by atoms with van der Waals surface area (Å²) in [6.45, 7) is 3.46. The van der Waals surface area contributed by atoms with Crippen LogP contribution in [0, 0.1) is 0 Å². The summed E-state index contributed by atoms with van der Waals surface area (Å²) in [6.07, 6.45) is 0.126. The van der Waals surface area contributed by atoms with Gasteiger partial charge in [0.25, 0.3) is 0 Å². The molecule has 0 saturated carbocycles. The van der Waals surface area contributed by atoms with Gasteiger partial charge in [0.15, 0.2) is 0 Å². The minimum Gasteiger partial charge on any atom is -0.312 e. The second-order valence-corrected chi connectivity index (χ2v) is 9.37. The highest BCUT2D eigenvalue weighted by molar-refractivity contribution is 7.90. The lowest BCUT2D eigenvalue weighted by Gasteiger charge is -2.31. The Bertz CT molecular complexity index is 487. The fraction of sp³-hybridized carbons (Fsp3) is 1.00. The fourth-order valence-corrected chi connectivity index (χ4v) is 4.53. The highest BCUT2D eigenvalue weighted by Gasteiger charge is 2.27. The van der Waals surface area contributed by atoms with Crippen LogP contribution in [0.5, 0.6) is 0 Å². The molecular weight excluding hydrogens is 290 g/mol. The molecule has 1 rings (SSSR count). The van der Waals surface area contributed by atoms with Gasteiger partial charge in [0.1, 0.15) is 0 Å². The molecule has 1 atom stereocenters. The monoisotopic (exact) mass is 313 g/mol. The van der Waals surface area contributed by atoms with E-state index in [1.54, 1.807) is 0 Å². The SMILES string of the molecule is C[C@H]1CN(S(=O)(=O)CCCS(=O)(=O)N(C)C)CCN1. The van der Waals surface area contributed by atoms with E-state index in [-0.39, 0.29) is 24.0 Å². The Morgan fingerprint density at radius 3 is 2.37 bits per heavy atom. The van der Waals surface area contributed by atoms with Crippen molar-refractivity contribution in [2.45, 2.75) is 19.4 Å². The zero-order valence-corrected chi connectivity index (χ0v) is 13.3. The summed E-state index contributed by atoms with van der Waals surface area (Å²) in [5, 5.41) is 3.17. The van der Waals surface area contributed by atoms with Crippen LogP contribution in [0.2, 0.25) is 0 Å². The number of nitrogens with zero attached hydrogens (tertiary/aromatic N) is 2. The van der Waals surface area contributed by atoms with Gasteiger partial charge in [-0.15, -0.1) is 0 Å². The van der Waals surface area contributed by atoms with Crippen molar-refractivity contribution in [3.05, 3.63) is 0 Å². The van der Waals surface area contributed by atoms with E-state index in [0.29, 0.717) is 19.6 Å². The molecule has 0 aromatic carbocycles. The third-order valence-electron chi connectivity index (χ3n) is 3.09. The zero-order chi connectivity index (χ0) is 14.7. The Labute approximate surface area is 116 Å². The number of piperazine rings is 1. The predicted molar refractivity (Wildman–Crippen MR) is 74.9 cm³/mol. The molecule has 0 aliphatic carbocycles. The highest BCUT2D eigenvalue weighted by Crippen LogP contribution is 2.09. The molecule has 19 heavy (non-hydrogen) atoms. The molecule has 9 heteroatoms. The minimum atomic E-state index is -3.35. The van der Waals surface area contributed by atoms with Crippen LogP contribution in [0.25, 0.3) is 0 Å². The summed E-state index contributed by atoms with van der Waals surface area (Å²) in [7, 11) is -3.79. The predicted octanol–water partition coefficient (Wildman–Crippen LogP) is -1.11. The van der Waals surface area contributed by atoms with E-state index >= 15 is 0 Å². The molecule has 1 heterocycles. The maximum atomic E-state index is 12.1. The lowest BCUT2D eigenvalue weighted by molar-refractivity contribution is 0.310. The van der Waals surface area contributed by atoms with Gasteiger partial charge in [-0.3, -0.25) is 0 Å². The van der Waals surface area contributed by atoms with Crippen LogP contribution < -0.4 is 5.32 Å². The summed E-state index contributed by atoms with van der Waals surface area (Å²) in [6, 6.07) is 0.133. The van der Waals surface area contributed by atoms with Gasteiger partial charge < -0.3 is 5.32 Å². The normalized spacial score (nSPS) is 22.8. The Kier molecular flexibility index (Phi) is 5.75. The van der Waals surface area contributed by atoms with Gasteiger partial charge in [-0.05, 0) is 13.3 Å². The number of rotatable bonds is 6. The first-order chi connectivity index (χ1) is 8.65. The molecule has 0 spiro atoms. The average molecular weight is 313 g/mol. The van der Waals surface area contributed by atoms with Gasteiger partial charge in [0, 0.05) is 39.8 Å². The van der Waals surface area contributed by atoms with Gasteiger partial charge in [-0.2, -0.15) is 4.31 Å². The van der Waals surface area contributed by atoms with Crippen molar-refractivity contribution >= 4 is 20.0 Å². The van der Waals surface area contributed by atoms with Gasteiger partial charge >= 0.3 is 0 Å². The number of hydrogen-bond donors (Lipinski definition) is 1. The van der Waals surface area contributed by atoms with E-state index < -0.39 is 20.0 Å². The summed E-state index contributed by atoms with van der Waals surface area (Å²) in [5.74, 6) is -0.256. The van der Waals surface area contributed by atoms with Crippen LogP contribution in [0.15, 0.2) is 0 Å². The average Bonchev–Trinajstić information content (AvgIpc) is 2.28. The Balaban J connectivity index is 2.52. The molecule has 1 N–H and O–H groups in total. The van der Waals surface area contributed by atoms with Crippen molar-refractivity contribution in [3.63, 3.8) is 0 Å². The van der Waals surface area contributed by atoms with Gasteiger partial charge in [-0.1, -0.05) is 0 Å². The molecule has 0 bridgehead atoms. The number of sulfonamides is 2. The van der Waals surface area contributed by atoms with Crippen molar-refractivity contribution in [1.82, 2.24) is 13.9 Å². The summed E-state index contributed by atoms with van der Waals surface area (Å²) >= 11 is 0. The van der Waals surface area contributed by atoms with Crippen LogP contribution in [0.3, 0.4) is 0 Å². The lowest BCUT2D eigenvalue weighted by atomic mass is 10.3. The van der Waals surface area contributed by atoms with Crippen molar-refractivity contribution in [2.24, 2.45) is 0 Å². The largest absolute Gasteiger partial charge is 0.312 e. The number of hydrogen-bond acceptors (Lipinski definition) is 5. The quantitative estimate of drug-likeness (QED) is 0.672. The molecular formula is C10H23N3O4S2. The van der Waals surface area contributed by atoms with Crippen molar-refractivity contribution in [1.29, 1.82) is 0 Å². The second kappa shape index (κ2) is 6.49. The molecule has 0 aromatic heterocycles. The second-order valence-electron chi connectivity index (χ2n) is 4.98. The molecule has 0 radical (unpaired) electrons. The van der Waals surface area contributed by atoms with Crippen LogP contribution >= 0.6 is 0 Å². The third-order valence-corrected chi connectivity index (χ3v) is 6.93. The topological polar surface area (TPSA) is 86.8 Å². The van der Waals surface area contributed by atoms with Crippen molar-refractivity contribution in [2.75, 3.05) is 45.2 Å². The van der Waals surface area contributed by atoms with Gasteiger partial charge in [0.05, 0.1) is 11.5 Å². The lowest BCUT2D eigenvalue weighted by Crippen LogP contribution is -2.51. The highest BCUT2D eigenvalue weighted by atomic mass is 32.2. The number of nitrogens with one attached hydrogen (secondary N) is 1. The van der Waals surface area contributed by atoms with Gasteiger partial charge in [-0.25, -0.2) is 21.1 Å². The van der Waals surface area contributed by atoms with E-state index in [2.05, 4.69) is 5.32 Å². The molecule has 1 aliphatic heterocycles. The Morgan fingerprint density at radius 2 is 1.84 bits per heavy atom. The smallest absolute Gasteiger partial charge is 0.214 e. The molecule has 0 amide bonds. The van der Waals surface area contributed by atoms with Crippen molar-refractivity contribution in [3.8, 4) is 0 Å². The molecule has 0 aromatic rings. The Morgan fingerprint density at radius 1 is 1.21 bits per heavy atom. The maximum Gasteiger partial charge on any atom is 0.214 e. The standard InChI is InChI=1S/C10H23N3O4S2/c1-10-9-13(6-5-11-10)19(16,17)8-4-7-18(14,15)12(2)3/h10-11H,4-9H2,1-3H3/t10-/m0/s1. The zero-order valence-electron chi connectivity index (χ0n) is 11.7. The van der Waals surface area contributed by atoms with E-state index in [4.69, 9.17) is 0 Å². The van der Waals surface area contributed by atoms with E-state index in [1.807, 2.05) is 6.92 Å². The molecule has 7 nitrogen and oxygen atoms in total. The third kappa shape index (κ3) is 4.99. The molecule has 1 saturated heterocycles. The molecule has 1 fully saturated rings. The minimum absolute atomic E-state index is 0.118. The molecule has 1 aliphatic rings. The van der Waals surface area contributed by atoms with Crippen LogP contribution in [-0.2, 0) is 20.0 Å². The fourth-order valence-electron chi connectivity index (χ4n) is 1.88. The Hall–Kier alpha value is -0.220. The van der Waals surface area contributed by atoms with Crippen LogP contribution in [0.1, 0.15) is 13.3 Å². The first-order valence-electron chi connectivity index (χ1n) is 6.26. The molecule has 114 valence electrons. The summed E-state index contributed by atoms with van der Waals surface area (Å²) in [4.78, 5) is 0. The van der Waals surface area contributed by atoms with Crippen LogP contribution in [0.4, 0.5) is 0 Å². The van der Waals surface area contributed by atoms with Crippen LogP contribution in [-0.4, -0.2) is 76.7 Å². The first kappa shape index (κ1) is 16.8. The van der Waals surface area contributed by atoms with Gasteiger partial charge in [0.2, 0.25) is 20.0 Å². The van der Waals surface area contributed by atoms with E-state index in [1.165, 1.54) is 18.4 Å². The van der Waals surface area contributed by atoms with E-state index in [0.717, 1.165) is 4.31 Å². The van der Waals surface area contributed by atoms with Crippen molar-refractivity contribution < 1.29 is 16.8 Å².